The molecule has 2 aromatic rings. The molecule has 1 saturated heterocycles. The fourth-order valence-electron chi connectivity index (χ4n) is 4.75. The van der Waals surface area contributed by atoms with Gasteiger partial charge in [0.1, 0.15) is 0 Å². The maximum absolute atomic E-state index is 12.6. The van der Waals surface area contributed by atoms with Crippen molar-refractivity contribution in [3.63, 3.8) is 0 Å². The first kappa shape index (κ1) is 30.4. The molecule has 0 spiro atoms. The lowest BCUT2D eigenvalue weighted by atomic mass is 10.1. The van der Waals surface area contributed by atoms with Crippen LogP contribution in [0.1, 0.15) is 69.4 Å². The number of methoxy groups -OCH3 is 2. The van der Waals surface area contributed by atoms with Gasteiger partial charge in [0.25, 0.3) is 5.91 Å². The lowest BCUT2D eigenvalue weighted by Crippen LogP contribution is -2.53. The summed E-state index contributed by atoms with van der Waals surface area (Å²) in [5.74, 6) is 1.64. The summed E-state index contributed by atoms with van der Waals surface area (Å²) in [6.45, 7) is 8.22. The van der Waals surface area contributed by atoms with Gasteiger partial charge >= 0.3 is 0 Å². The van der Waals surface area contributed by atoms with Gasteiger partial charge in [-0.05, 0) is 49.2 Å². The van der Waals surface area contributed by atoms with Crippen LogP contribution < -0.4 is 24.5 Å². The zero-order chi connectivity index (χ0) is 27.9. The number of nitrogens with one attached hydrogen (secondary N) is 1. The van der Waals surface area contributed by atoms with E-state index in [1.165, 1.54) is 49.8 Å². The Hall–Kier alpha value is -3.19. The Bertz CT molecular complexity index is 1010. The molecule has 1 aliphatic rings. The monoisotopic (exact) mass is 537 g/mol. The minimum absolute atomic E-state index is 0.160. The molecule has 1 N–H and O–H groups in total. The highest BCUT2D eigenvalue weighted by molar-refractivity contribution is 5.91. The van der Waals surface area contributed by atoms with Gasteiger partial charge in [-0.25, -0.2) is 5.01 Å². The summed E-state index contributed by atoms with van der Waals surface area (Å²) in [6, 6.07) is 12.3. The first-order chi connectivity index (χ1) is 19.0. The molecule has 1 amide bonds. The van der Waals surface area contributed by atoms with Crippen LogP contribution in [0.4, 0.5) is 5.69 Å². The molecule has 214 valence electrons. The summed E-state index contributed by atoms with van der Waals surface area (Å²) in [4.78, 5) is 15.0. The summed E-state index contributed by atoms with van der Waals surface area (Å²) < 4.78 is 17.2. The number of hydrogen-bond donors (Lipinski definition) is 1. The van der Waals surface area contributed by atoms with Gasteiger partial charge in [-0.2, -0.15) is 0 Å². The molecule has 1 heterocycles. The van der Waals surface area contributed by atoms with Crippen LogP contribution in [0.3, 0.4) is 0 Å². The average molecular weight is 538 g/mol. The Morgan fingerprint density at radius 2 is 1.46 bits per heavy atom. The van der Waals surface area contributed by atoms with E-state index < -0.39 is 0 Å². The first-order valence-electron chi connectivity index (χ1n) is 14.5. The third-order valence-corrected chi connectivity index (χ3v) is 7.10. The number of carbonyl (C=O) groups is 1. The summed E-state index contributed by atoms with van der Waals surface area (Å²) in [5.41, 5.74) is 6.28. The Kier molecular flexibility index (Phi) is 13.0. The number of piperazine rings is 1. The van der Waals surface area contributed by atoms with Gasteiger partial charge in [-0.1, -0.05) is 69.6 Å². The molecule has 7 heteroatoms. The standard InChI is InChI=1S/C32H47N3O4/c1-5-6-7-8-9-10-11-12-23-39-32-29(37-3)24-27(25-30(32)38-4)15-18-31(36)33-35-21-19-34(20-22-35)28-16-13-26(2)14-17-28/h13-18,24-25H,5-12,19-23H2,1-4H3,(H,33,36). The van der Waals surface area contributed by atoms with Crippen molar-refractivity contribution in [1.82, 2.24) is 10.4 Å². The maximum Gasteiger partial charge on any atom is 0.258 e. The molecule has 7 nitrogen and oxygen atoms in total. The second-order valence-corrected chi connectivity index (χ2v) is 10.2. The van der Waals surface area contributed by atoms with Crippen molar-refractivity contribution in [3.8, 4) is 17.2 Å². The number of hydrazine groups is 1. The van der Waals surface area contributed by atoms with Crippen molar-refractivity contribution < 1.29 is 19.0 Å². The van der Waals surface area contributed by atoms with Crippen LogP contribution in [0.15, 0.2) is 42.5 Å². The van der Waals surface area contributed by atoms with E-state index in [1.54, 1.807) is 26.4 Å². The van der Waals surface area contributed by atoms with E-state index in [4.69, 9.17) is 14.2 Å². The minimum Gasteiger partial charge on any atom is -0.493 e. The number of carbonyl (C=O) groups excluding carboxylic acids is 1. The summed E-state index contributed by atoms with van der Waals surface area (Å²) in [5, 5.41) is 1.97. The van der Waals surface area contributed by atoms with Crippen molar-refractivity contribution in [1.29, 1.82) is 0 Å². The minimum atomic E-state index is -0.160. The van der Waals surface area contributed by atoms with Crippen molar-refractivity contribution in [3.05, 3.63) is 53.6 Å². The number of rotatable bonds is 16. The van der Waals surface area contributed by atoms with Crippen molar-refractivity contribution in [2.24, 2.45) is 0 Å². The predicted octanol–water partition coefficient (Wildman–Crippen LogP) is 6.40. The van der Waals surface area contributed by atoms with Gasteiger partial charge in [0.2, 0.25) is 5.75 Å². The SMILES string of the molecule is CCCCCCCCCCOc1c(OC)cc(C=CC(=O)NN2CCN(c3ccc(C)cc3)CC2)cc1OC. The van der Waals surface area contributed by atoms with E-state index >= 15 is 0 Å². The van der Waals surface area contributed by atoms with Gasteiger partial charge in [0.05, 0.1) is 20.8 Å². The van der Waals surface area contributed by atoms with Crippen LogP contribution in [-0.4, -0.2) is 57.9 Å². The molecule has 0 saturated carbocycles. The van der Waals surface area contributed by atoms with Crippen molar-refractivity contribution >= 4 is 17.7 Å². The number of aryl methyl sites for hydroxylation is 1. The van der Waals surface area contributed by atoms with Crippen LogP contribution in [0, 0.1) is 6.92 Å². The number of ether oxygens (including phenoxy) is 3. The number of anilines is 1. The van der Waals surface area contributed by atoms with Crippen molar-refractivity contribution in [2.45, 2.75) is 65.2 Å². The molecule has 0 radical (unpaired) electrons. The summed E-state index contributed by atoms with van der Waals surface area (Å²) in [6.07, 6.45) is 13.3. The third-order valence-electron chi connectivity index (χ3n) is 7.10. The predicted molar refractivity (Wildman–Crippen MR) is 160 cm³/mol. The summed E-state index contributed by atoms with van der Waals surface area (Å²) >= 11 is 0. The largest absolute Gasteiger partial charge is 0.493 e. The first-order valence-corrected chi connectivity index (χ1v) is 14.5. The normalized spacial score (nSPS) is 14.0. The molecular formula is C32H47N3O4. The van der Waals surface area contributed by atoms with Crippen molar-refractivity contribution in [2.75, 3.05) is 51.9 Å². The lowest BCUT2D eigenvalue weighted by molar-refractivity contribution is -0.121. The molecule has 0 aromatic heterocycles. The van der Waals surface area contributed by atoms with Gasteiger partial charge in [0.15, 0.2) is 11.5 Å². The molecule has 0 atom stereocenters. The smallest absolute Gasteiger partial charge is 0.258 e. The quantitative estimate of drug-likeness (QED) is 0.198. The van der Waals surface area contributed by atoms with Gasteiger partial charge in [-0.3, -0.25) is 10.2 Å². The Morgan fingerprint density at radius 1 is 0.872 bits per heavy atom. The van der Waals surface area contributed by atoms with Gasteiger partial charge < -0.3 is 19.1 Å². The second kappa shape index (κ2) is 16.7. The van der Waals surface area contributed by atoms with E-state index in [9.17, 15) is 4.79 Å². The number of unbranched alkanes of at least 4 members (excludes halogenated alkanes) is 7. The average Bonchev–Trinajstić information content (AvgIpc) is 2.96. The molecule has 0 aliphatic carbocycles. The number of benzene rings is 2. The molecule has 1 aliphatic heterocycles. The topological polar surface area (TPSA) is 63.3 Å². The molecule has 3 rings (SSSR count). The molecular weight excluding hydrogens is 490 g/mol. The summed E-state index contributed by atoms with van der Waals surface area (Å²) in [7, 11) is 3.24. The van der Waals surface area contributed by atoms with Crippen LogP contribution in [-0.2, 0) is 4.79 Å². The number of nitrogens with zero attached hydrogens (tertiary/aromatic N) is 2. The van der Waals surface area contributed by atoms with E-state index in [0.29, 0.717) is 23.9 Å². The highest BCUT2D eigenvalue weighted by atomic mass is 16.5. The Morgan fingerprint density at radius 3 is 2.05 bits per heavy atom. The lowest BCUT2D eigenvalue weighted by Gasteiger charge is -2.35. The van der Waals surface area contributed by atoms with E-state index in [2.05, 4.69) is 48.4 Å². The molecule has 2 aromatic carbocycles. The van der Waals surface area contributed by atoms with E-state index in [0.717, 1.165) is 44.6 Å². The van der Waals surface area contributed by atoms with E-state index in [1.807, 2.05) is 17.1 Å². The molecule has 0 bridgehead atoms. The molecule has 39 heavy (non-hydrogen) atoms. The van der Waals surface area contributed by atoms with Crippen LogP contribution >= 0.6 is 0 Å². The third kappa shape index (κ3) is 10.1. The highest BCUT2D eigenvalue weighted by Crippen LogP contribution is 2.39. The fraction of sp³-hybridized carbons (Fsp3) is 0.531. The maximum atomic E-state index is 12.6. The zero-order valence-electron chi connectivity index (χ0n) is 24.3. The Labute approximate surface area is 235 Å². The van der Waals surface area contributed by atoms with Crippen LogP contribution in [0.5, 0.6) is 17.2 Å². The molecule has 1 fully saturated rings. The fourth-order valence-corrected chi connectivity index (χ4v) is 4.75. The second-order valence-electron chi connectivity index (χ2n) is 10.2. The number of amides is 1. The van der Waals surface area contributed by atoms with Gasteiger partial charge in [-0.15, -0.1) is 0 Å². The zero-order valence-corrected chi connectivity index (χ0v) is 24.3. The van der Waals surface area contributed by atoms with Crippen LogP contribution in [0.2, 0.25) is 0 Å². The molecule has 0 unspecified atom stereocenters. The van der Waals surface area contributed by atoms with Crippen LogP contribution in [0.25, 0.3) is 6.08 Å². The Balaban J connectivity index is 1.46. The highest BCUT2D eigenvalue weighted by Gasteiger charge is 2.18. The van der Waals surface area contributed by atoms with Gasteiger partial charge in [0, 0.05) is 37.9 Å². The van der Waals surface area contributed by atoms with E-state index in [-0.39, 0.29) is 5.91 Å². The number of hydrogen-bond acceptors (Lipinski definition) is 6.